The first-order chi connectivity index (χ1) is 8.85. The lowest BCUT2D eigenvalue weighted by molar-refractivity contribution is 0.0243. The van der Waals surface area contributed by atoms with Gasteiger partial charge >= 0.3 is 0 Å². The molecule has 0 aliphatic carbocycles. The number of benzene rings is 1. The standard InChI is InChI=1S/C13H17F2NO3/c1-13(18,5-6-19-2)8-16-12(17)9-3-4-10(14)11(15)7-9/h3-4,7,18H,5-6,8H2,1-2H3,(H,16,17). The third-order valence-corrected chi connectivity index (χ3v) is 2.66. The van der Waals surface area contributed by atoms with Gasteiger partial charge in [-0.05, 0) is 25.1 Å². The second kappa shape index (κ2) is 6.58. The number of methoxy groups -OCH3 is 1. The zero-order chi connectivity index (χ0) is 14.5. The molecule has 0 bridgehead atoms. The Morgan fingerprint density at radius 1 is 1.42 bits per heavy atom. The number of carbonyl (C=O) groups excluding carboxylic acids is 1. The summed E-state index contributed by atoms with van der Waals surface area (Å²) in [5.41, 5.74) is -1.12. The van der Waals surface area contributed by atoms with E-state index >= 15 is 0 Å². The van der Waals surface area contributed by atoms with Crippen LogP contribution >= 0.6 is 0 Å². The predicted octanol–water partition coefficient (Wildman–Crippen LogP) is 1.48. The van der Waals surface area contributed by atoms with Crippen molar-refractivity contribution in [2.45, 2.75) is 18.9 Å². The first kappa shape index (κ1) is 15.5. The van der Waals surface area contributed by atoms with Gasteiger partial charge in [-0.2, -0.15) is 0 Å². The van der Waals surface area contributed by atoms with Gasteiger partial charge in [0.1, 0.15) is 0 Å². The number of ether oxygens (including phenoxy) is 1. The van der Waals surface area contributed by atoms with Crippen LogP contribution < -0.4 is 5.32 Å². The largest absolute Gasteiger partial charge is 0.388 e. The third kappa shape index (κ3) is 4.92. The van der Waals surface area contributed by atoms with E-state index < -0.39 is 23.1 Å². The van der Waals surface area contributed by atoms with Crippen LogP contribution in [-0.2, 0) is 4.74 Å². The predicted molar refractivity (Wildman–Crippen MR) is 65.8 cm³/mol. The van der Waals surface area contributed by atoms with Crippen molar-refractivity contribution in [2.24, 2.45) is 0 Å². The molecule has 1 amide bonds. The molecule has 0 aliphatic heterocycles. The summed E-state index contributed by atoms with van der Waals surface area (Å²) in [4.78, 5) is 11.7. The number of halogens is 2. The van der Waals surface area contributed by atoms with Crippen LogP contribution in [0.5, 0.6) is 0 Å². The highest BCUT2D eigenvalue weighted by atomic mass is 19.2. The molecule has 19 heavy (non-hydrogen) atoms. The molecule has 6 heteroatoms. The fraction of sp³-hybridized carbons (Fsp3) is 0.462. The molecule has 1 aromatic carbocycles. The van der Waals surface area contributed by atoms with Crippen molar-refractivity contribution in [2.75, 3.05) is 20.3 Å². The summed E-state index contributed by atoms with van der Waals surface area (Å²) in [6.45, 7) is 1.90. The normalized spacial score (nSPS) is 13.9. The second-order valence-electron chi connectivity index (χ2n) is 4.55. The van der Waals surface area contributed by atoms with Gasteiger partial charge in [-0.1, -0.05) is 0 Å². The van der Waals surface area contributed by atoms with Crippen LogP contribution in [0.2, 0.25) is 0 Å². The molecule has 0 spiro atoms. The van der Waals surface area contributed by atoms with E-state index in [-0.39, 0.29) is 12.1 Å². The number of rotatable bonds is 6. The van der Waals surface area contributed by atoms with Gasteiger partial charge in [-0.25, -0.2) is 8.78 Å². The summed E-state index contributed by atoms with van der Waals surface area (Å²) in [5, 5.41) is 12.4. The number of carbonyl (C=O) groups is 1. The minimum Gasteiger partial charge on any atom is -0.388 e. The van der Waals surface area contributed by atoms with Crippen LogP contribution in [-0.4, -0.2) is 36.9 Å². The summed E-state index contributed by atoms with van der Waals surface area (Å²) >= 11 is 0. The summed E-state index contributed by atoms with van der Waals surface area (Å²) in [5.74, 6) is -2.67. The van der Waals surface area contributed by atoms with E-state index in [0.717, 1.165) is 12.1 Å². The first-order valence-electron chi connectivity index (χ1n) is 5.80. The molecule has 1 rings (SSSR count). The highest BCUT2D eigenvalue weighted by Gasteiger charge is 2.21. The van der Waals surface area contributed by atoms with Crippen molar-refractivity contribution in [3.8, 4) is 0 Å². The highest BCUT2D eigenvalue weighted by molar-refractivity contribution is 5.94. The monoisotopic (exact) mass is 273 g/mol. The van der Waals surface area contributed by atoms with Gasteiger partial charge in [0, 0.05) is 32.2 Å². The number of amides is 1. The molecule has 0 saturated carbocycles. The summed E-state index contributed by atoms with van der Waals surface area (Å²) in [7, 11) is 1.51. The Balaban J connectivity index is 2.57. The lowest BCUT2D eigenvalue weighted by atomic mass is 10.0. The first-order valence-corrected chi connectivity index (χ1v) is 5.80. The molecule has 1 unspecified atom stereocenters. The Morgan fingerprint density at radius 2 is 2.11 bits per heavy atom. The van der Waals surface area contributed by atoms with Crippen LogP contribution in [0, 0.1) is 11.6 Å². The maximum absolute atomic E-state index is 13.0. The minimum absolute atomic E-state index is 0.00133. The summed E-state index contributed by atoms with van der Waals surface area (Å²) in [6, 6.07) is 2.87. The van der Waals surface area contributed by atoms with Gasteiger partial charge in [0.05, 0.1) is 5.60 Å². The Labute approximate surface area is 110 Å². The summed E-state index contributed by atoms with van der Waals surface area (Å²) < 4.78 is 30.5. The van der Waals surface area contributed by atoms with Crippen molar-refractivity contribution in [3.05, 3.63) is 35.4 Å². The maximum Gasteiger partial charge on any atom is 0.251 e. The fourth-order valence-electron chi connectivity index (χ4n) is 1.42. The topological polar surface area (TPSA) is 58.6 Å². The van der Waals surface area contributed by atoms with Gasteiger partial charge in [0.2, 0.25) is 0 Å². The molecule has 106 valence electrons. The number of hydrogen-bond donors (Lipinski definition) is 2. The van der Waals surface area contributed by atoms with Gasteiger partial charge in [-0.3, -0.25) is 4.79 Å². The van der Waals surface area contributed by atoms with Crippen LogP contribution in [0.1, 0.15) is 23.7 Å². The lowest BCUT2D eigenvalue weighted by Crippen LogP contribution is -2.41. The molecule has 2 N–H and O–H groups in total. The molecule has 0 aromatic heterocycles. The van der Waals surface area contributed by atoms with Crippen LogP contribution in [0.4, 0.5) is 8.78 Å². The van der Waals surface area contributed by atoms with E-state index in [4.69, 9.17) is 4.74 Å². The fourth-order valence-corrected chi connectivity index (χ4v) is 1.42. The molecule has 1 atom stereocenters. The second-order valence-corrected chi connectivity index (χ2v) is 4.55. The van der Waals surface area contributed by atoms with Gasteiger partial charge in [0.25, 0.3) is 5.91 Å². The van der Waals surface area contributed by atoms with Crippen LogP contribution in [0.25, 0.3) is 0 Å². The molecule has 1 aromatic rings. The lowest BCUT2D eigenvalue weighted by Gasteiger charge is -2.23. The average molecular weight is 273 g/mol. The molecular formula is C13H17F2NO3. The quantitative estimate of drug-likeness (QED) is 0.825. The Hall–Kier alpha value is -1.53. The van der Waals surface area contributed by atoms with Crippen molar-refractivity contribution < 1.29 is 23.4 Å². The number of aliphatic hydroxyl groups is 1. The minimum atomic E-state index is -1.12. The Bertz CT molecular complexity index is 450. The van der Waals surface area contributed by atoms with Crippen LogP contribution in [0.3, 0.4) is 0 Å². The molecular weight excluding hydrogens is 256 g/mol. The van der Waals surface area contributed by atoms with Gasteiger partial charge in [-0.15, -0.1) is 0 Å². The molecule has 4 nitrogen and oxygen atoms in total. The molecule has 0 radical (unpaired) electrons. The van der Waals surface area contributed by atoms with Crippen LogP contribution in [0.15, 0.2) is 18.2 Å². The molecule has 0 heterocycles. The number of hydrogen-bond acceptors (Lipinski definition) is 3. The average Bonchev–Trinajstić information content (AvgIpc) is 2.37. The van der Waals surface area contributed by atoms with Crippen molar-refractivity contribution in [1.29, 1.82) is 0 Å². The Kier molecular flexibility index (Phi) is 5.38. The molecule has 0 aliphatic rings. The van der Waals surface area contributed by atoms with Crippen molar-refractivity contribution in [3.63, 3.8) is 0 Å². The zero-order valence-electron chi connectivity index (χ0n) is 10.9. The number of nitrogens with one attached hydrogen (secondary N) is 1. The van der Waals surface area contributed by atoms with E-state index in [1.807, 2.05) is 0 Å². The summed E-state index contributed by atoms with van der Waals surface area (Å²) in [6.07, 6.45) is 0.349. The van der Waals surface area contributed by atoms with Gasteiger partial charge in [0.15, 0.2) is 11.6 Å². The molecule has 0 fully saturated rings. The highest BCUT2D eigenvalue weighted by Crippen LogP contribution is 2.10. The molecule has 0 saturated heterocycles. The van der Waals surface area contributed by atoms with Crippen molar-refractivity contribution >= 4 is 5.91 Å². The van der Waals surface area contributed by atoms with Gasteiger partial charge < -0.3 is 15.2 Å². The van der Waals surface area contributed by atoms with E-state index in [0.29, 0.717) is 13.0 Å². The Morgan fingerprint density at radius 3 is 2.68 bits per heavy atom. The smallest absolute Gasteiger partial charge is 0.251 e. The van der Waals surface area contributed by atoms with E-state index in [1.165, 1.54) is 13.2 Å². The third-order valence-electron chi connectivity index (χ3n) is 2.66. The maximum atomic E-state index is 13.0. The van der Waals surface area contributed by atoms with E-state index in [2.05, 4.69) is 5.32 Å². The van der Waals surface area contributed by atoms with E-state index in [1.54, 1.807) is 6.92 Å². The zero-order valence-corrected chi connectivity index (χ0v) is 10.9. The SMILES string of the molecule is COCCC(C)(O)CNC(=O)c1ccc(F)c(F)c1. The van der Waals surface area contributed by atoms with E-state index in [9.17, 15) is 18.7 Å². The van der Waals surface area contributed by atoms with Crippen molar-refractivity contribution in [1.82, 2.24) is 5.32 Å².